The number of esters is 1. The van der Waals surface area contributed by atoms with E-state index in [1.807, 2.05) is 0 Å². The Kier molecular flexibility index (Phi) is 47.6. The van der Waals surface area contributed by atoms with Gasteiger partial charge in [0, 0.05) is 13.0 Å². The van der Waals surface area contributed by atoms with E-state index in [0.717, 1.165) is 70.6 Å². The number of carbonyl (C=O) groups is 1. The molecule has 0 aromatic rings. The molecular weight excluding hydrogens is 701 g/mol. The van der Waals surface area contributed by atoms with E-state index in [1.54, 1.807) is 0 Å². The molecule has 4 heteroatoms. The lowest BCUT2D eigenvalue weighted by Gasteiger charge is -2.15. The van der Waals surface area contributed by atoms with Gasteiger partial charge in [0.25, 0.3) is 0 Å². The molecule has 0 bridgehead atoms. The van der Waals surface area contributed by atoms with E-state index in [2.05, 4.69) is 98.9 Å². The van der Waals surface area contributed by atoms with Crippen LogP contribution in [0.5, 0.6) is 0 Å². The van der Waals surface area contributed by atoms with Crippen LogP contribution in [0, 0.1) is 0 Å². The van der Waals surface area contributed by atoms with Crippen molar-refractivity contribution in [2.45, 2.75) is 225 Å². The zero-order valence-corrected chi connectivity index (χ0v) is 37.6. The van der Waals surface area contributed by atoms with E-state index < -0.39 is 6.10 Å². The summed E-state index contributed by atoms with van der Waals surface area (Å²) in [5, 5.41) is 9.64. The number of aliphatic hydroxyl groups excluding tert-OH is 1. The largest absolute Gasteiger partial charge is 0.457 e. The predicted molar refractivity (Wildman–Crippen MR) is 251 cm³/mol. The first-order chi connectivity index (χ1) is 28.2. The van der Waals surface area contributed by atoms with E-state index in [0.29, 0.717) is 13.0 Å². The molecule has 0 aliphatic rings. The summed E-state index contributed by atoms with van der Waals surface area (Å²) in [5.74, 6) is -0.221. The number of rotatable bonds is 44. The monoisotopic (exact) mass is 793 g/mol. The van der Waals surface area contributed by atoms with Crippen molar-refractivity contribution in [2.24, 2.45) is 0 Å². The number of hydrogen-bond donors (Lipinski definition) is 1. The molecule has 0 aliphatic carbocycles. The molecule has 0 heterocycles. The van der Waals surface area contributed by atoms with Crippen molar-refractivity contribution in [3.63, 3.8) is 0 Å². The van der Waals surface area contributed by atoms with Gasteiger partial charge in [-0.1, -0.05) is 208 Å². The van der Waals surface area contributed by atoms with Crippen LogP contribution in [0.15, 0.2) is 85.1 Å². The van der Waals surface area contributed by atoms with Crippen molar-refractivity contribution in [3.05, 3.63) is 85.1 Å². The molecule has 0 fully saturated rings. The fourth-order valence-electron chi connectivity index (χ4n) is 6.62. The van der Waals surface area contributed by atoms with Gasteiger partial charge in [-0.3, -0.25) is 4.79 Å². The van der Waals surface area contributed by atoms with Crippen LogP contribution >= 0.6 is 0 Å². The van der Waals surface area contributed by atoms with E-state index in [4.69, 9.17) is 9.47 Å². The summed E-state index contributed by atoms with van der Waals surface area (Å²) in [6.07, 6.45) is 69.4. The van der Waals surface area contributed by atoms with Gasteiger partial charge in [-0.2, -0.15) is 0 Å². The van der Waals surface area contributed by atoms with Crippen LogP contribution in [0.1, 0.15) is 219 Å². The topological polar surface area (TPSA) is 55.8 Å². The van der Waals surface area contributed by atoms with Crippen molar-refractivity contribution in [3.8, 4) is 0 Å². The van der Waals surface area contributed by atoms with Crippen LogP contribution in [0.2, 0.25) is 0 Å². The normalized spacial score (nSPS) is 13.1. The van der Waals surface area contributed by atoms with Gasteiger partial charge in [-0.25, -0.2) is 0 Å². The standard InChI is InChI=1S/C53H92O4/c1-3-5-7-9-11-13-15-17-19-21-23-25-26-27-29-31-33-35-37-39-41-43-45-47-49-56-51-52(50-54)57-53(55)48-46-44-42-40-38-36-34-32-30-28-24-22-20-18-16-14-12-10-8-6-4-2/h6,8,12,14-15,17-18,20-21,23-24,28,32,34,52,54H,3-5,7,9-11,13,16,19,22,25-27,29-31,33,35-51H2,1-2H3/b8-6-,14-12-,17-15-,20-18-,23-21-,28-24-,34-32-. The molecule has 328 valence electrons. The van der Waals surface area contributed by atoms with Gasteiger partial charge in [0.15, 0.2) is 0 Å². The fraction of sp³-hybridized carbons (Fsp3) is 0.717. The van der Waals surface area contributed by atoms with Crippen LogP contribution in [0.4, 0.5) is 0 Å². The zero-order chi connectivity index (χ0) is 41.2. The SMILES string of the molecule is CC/C=C\C/C=C\C/C=C\C/C=C\C/C=C\CCCCCCCC(=O)OC(CO)COCCCCCCCCCCCCCC/C=C\C/C=C\CCCCCCC. The van der Waals surface area contributed by atoms with Crippen molar-refractivity contribution >= 4 is 5.97 Å². The molecule has 0 aliphatic heterocycles. The average molecular weight is 793 g/mol. The van der Waals surface area contributed by atoms with Crippen LogP contribution in [-0.4, -0.2) is 37.0 Å². The molecule has 0 amide bonds. The molecule has 57 heavy (non-hydrogen) atoms. The zero-order valence-electron chi connectivity index (χ0n) is 37.6. The highest BCUT2D eigenvalue weighted by molar-refractivity contribution is 5.69. The Labute approximate surface area is 354 Å². The van der Waals surface area contributed by atoms with Crippen molar-refractivity contribution in [1.82, 2.24) is 0 Å². The smallest absolute Gasteiger partial charge is 0.306 e. The van der Waals surface area contributed by atoms with Crippen LogP contribution < -0.4 is 0 Å². The molecule has 1 unspecified atom stereocenters. The van der Waals surface area contributed by atoms with Gasteiger partial charge in [-0.05, 0) is 89.9 Å². The molecule has 0 radical (unpaired) electrons. The minimum atomic E-state index is -0.551. The average Bonchev–Trinajstić information content (AvgIpc) is 3.22. The Morgan fingerprint density at radius 2 is 0.789 bits per heavy atom. The van der Waals surface area contributed by atoms with Gasteiger partial charge in [-0.15, -0.1) is 0 Å². The van der Waals surface area contributed by atoms with Crippen LogP contribution in [-0.2, 0) is 14.3 Å². The van der Waals surface area contributed by atoms with Gasteiger partial charge in [0.05, 0.1) is 13.2 Å². The third kappa shape index (κ3) is 47.8. The highest BCUT2D eigenvalue weighted by atomic mass is 16.6. The number of aliphatic hydroxyl groups is 1. The number of allylic oxidation sites excluding steroid dienone is 14. The fourth-order valence-corrected chi connectivity index (χ4v) is 6.62. The highest BCUT2D eigenvalue weighted by Gasteiger charge is 2.13. The minimum absolute atomic E-state index is 0.184. The minimum Gasteiger partial charge on any atom is -0.457 e. The van der Waals surface area contributed by atoms with E-state index in [9.17, 15) is 9.90 Å². The Morgan fingerprint density at radius 3 is 1.19 bits per heavy atom. The first-order valence-electron chi connectivity index (χ1n) is 24.2. The Balaban J connectivity index is 3.48. The van der Waals surface area contributed by atoms with Gasteiger partial charge >= 0.3 is 5.97 Å². The predicted octanol–water partition coefficient (Wildman–Crippen LogP) is 16.3. The van der Waals surface area contributed by atoms with Crippen molar-refractivity contribution in [1.29, 1.82) is 0 Å². The lowest BCUT2D eigenvalue weighted by Crippen LogP contribution is -2.27. The molecule has 0 saturated carbocycles. The third-order valence-electron chi connectivity index (χ3n) is 10.2. The van der Waals surface area contributed by atoms with Crippen LogP contribution in [0.3, 0.4) is 0 Å². The maximum absolute atomic E-state index is 12.2. The number of ether oxygens (including phenoxy) is 2. The molecule has 1 N–H and O–H groups in total. The molecule has 0 spiro atoms. The molecule has 4 nitrogen and oxygen atoms in total. The maximum atomic E-state index is 12.2. The second-order valence-corrected chi connectivity index (χ2v) is 15.8. The van der Waals surface area contributed by atoms with Crippen LogP contribution in [0.25, 0.3) is 0 Å². The van der Waals surface area contributed by atoms with Gasteiger partial charge in [0.2, 0.25) is 0 Å². The Bertz CT molecular complexity index is 1020. The summed E-state index contributed by atoms with van der Waals surface area (Å²) >= 11 is 0. The van der Waals surface area contributed by atoms with E-state index in [-0.39, 0.29) is 19.2 Å². The quantitative estimate of drug-likeness (QED) is 0.0379. The second-order valence-electron chi connectivity index (χ2n) is 15.8. The Hall–Kier alpha value is -2.43. The third-order valence-corrected chi connectivity index (χ3v) is 10.2. The summed E-state index contributed by atoms with van der Waals surface area (Å²) in [6.45, 7) is 5.20. The van der Waals surface area contributed by atoms with E-state index >= 15 is 0 Å². The molecule has 0 rings (SSSR count). The summed E-state index contributed by atoms with van der Waals surface area (Å²) in [5.41, 5.74) is 0. The maximum Gasteiger partial charge on any atom is 0.306 e. The number of carbonyl (C=O) groups excluding carboxylic acids is 1. The van der Waals surface area contributed by atoms with Gasteiger partial charge in [0.1, 0.15) is 6.10 Å². The molecular formula is C53H92O4. The first-order valence-corrected chi connectivity index (χ1v) is 24.2. The number of unbranched alkanes of at least 4 members (excludes halogenated alkanes) is 22. The highest BCUT2D eigenvalue weighted by Crippen LogP contribution is 2.14. The Morgan fingerprint density at radius 1 is 0.439 bits per heavy atom. The van der Waals surface area contributed by atoms with Gasteiger partial charge < -0.3 is 14.6 Å². The van der Waals surface area contributed by atoms with Crippen molar-refractivity contribution in [2.75, 3.05) is 19.8 Å². The lowest BCUT2D eigenvalue weighted by molar-refractivity contribution is -0.154. The van der Waals surface area contributed by atoms with Crippen molar-refractivity contribution < 1.29 is 19.4 Å². The lowest BCUT2D eigenvalue weighted by atomic mass is 10.0. The number of hydrogen-bond acceptors (Lipinski definition) is 4. The summed E-state index contributed by atoms with van der Waals surface area (Å²) in [4.78, 5) is 12.2. The molecule has 0 aromatic carbocycles. The first kappa shape index (κ1) is 54.6. The molecule has 1 atom stereocenters. The van der Waals surface area contributed by atoms with E-state index in [1.165, 1.54) is 128 Å². The summed E-state index contributed by atoms with van der Waals surface area (Å²) < 4.78 is 11.2. The second kappa shape index (κ2) is 49.7. The molecule has 0 saturated heterocycles. The summed E-state index contributed by atoms with van der Waals surface area (Å²) in [7, 11) is 0. The molecule has 0 aromatic heterocycles. The summed E-state index contributed by atoms with van der Waals surface area (Å²) in [6, 6.07) is 0.